The number of hydrogen-bond acceptors (Lipinski definition) is 6. The fourth-order valence-corrected chi connectivity index (χ4v) is 3.92. The average molecular weight is 362 g/mol. The van der Waals surface area contributed by atoms with Crippen molar-refractivity contribution in [2.45, 2.75) is 24.9 Å². The van der Waals surface area contributed by atoms with E-state index in [0.717, 1.165) is 18.7 Å². The Labute approximate surface area is 153 Å². The van der Waals surface area contributed by atoms with Crippen molar-refractivity contribution in [3.8, 4) is 11.5 Å². The number of ether oxygens (including phenoxy) is 3. The van der Waals surface area contributed by atoms with Crippen LogP contribution in [0.5, 0.6) is 11.5 Å². The Morgan fingerprint density at radius 2 is 1.96 bits per heavy atom. The molecule has 2 fully saturated rings. The summed E-state index contributed by atoms with van der Waals surface area (Å²) in [5.41, 5.74) is -0.127. The third-order valence-corrected chi connectivity index (χ3v) is 5.22. The molecule has 4 rings (SSSR count). The lowest BCUT2D eigenvalue weighted by molar-refractivity contribution is -0.133. The summed E-state index contributed by atoms with van der Waals surface area (Å²) in [4.78, 5) is 16.8. The summed E-state index contributed by atoms with van der Waals surface area (Å²) in [5.74, 6) is 1.39. The summed E-state index contributed by atoms with van der Waals surface area (Å²) in [6.07, 6.45) is 2.61. The Kier molecular flexibility index (Phi) is 5.02. The van der Waals surface area contributed by atoms with E-state index in [2.05, 4.69) is 4.90 Å². The molecular formula is C19H26N2O5. The summed E-state index contributed by atoms with van der Waals surface area (Å²) < 4.78 is 16.3. The molecule has 1 aromatic rings. The Bertz CT molecular complexity index is 661. The maximum absolute atomic E-state index is 12.8. The topological polar surface area (TPSA) is 71.5 Å². The minimum Gasteiger partial charge on any atom is -0.454 e. The van der Waals surface area contributed by atoms with Gasteiger partial charge in [0.1, 0.15) is 5.60 Å². The van der Waals surface area contributed by atoms with Crippen LogP contribution >= 0.6 is 0 Å². The lowest BCUT2D eigenvalue weighted by Crippen LogP contribution is -2.53. The average Bonchev–Trinajstić information content (AvgIpc) is 3.24. The second-order valence-electron chi connectivity index (χ2n) is 7.44. The first-order valence-corrected chi connectivity index (χ1v) is 9.30. The molecule has 3 aliphatic rings. The second kappa shape index (κ2) is 7.42. The molecule has 2 saturated heterocycles. The molecule has 0 aliphatic carbocycles. The Balaban J connectivity index is 1.41. The zero-order valence-corrected chi connectivity index (χ0v) is 15.0. The van der Waals surface area contributed by atoms with Gasteiger partial charge in [0.05, 0.1) is 26.2 Å². The quantitative estimate of drug-likeness (QED) is 0.848. The molecule has 3 heterocycles. The third kappa shape index (κ3) is 3.95. The third-order valence-electron chi connectivity index (χ3n) is 5.22. The number of likely N-dealkylation sites (tertiary alicyclic amines) is 1. The lowest BCUT2D eigenvalue weighted by Gasteiger charge is -2.34. The minimum atomic E-state index is -1.01. The molecule has 0 radical (unpaired) electrons. The molecule has 7 heteroatoms. The van der Waals surface area contributed by atoms with Crippen molar-refractivity contribution in [2.75, 3.05) is 52.7 Å². The van der Waals surface area contributed by atoms with Crippen molar-refractivity contribution in [3.05, 3.63) is 23.8 Å². The predicted molar refractivity (Wildman–Crippen MR) is 94.3 cm³/mol. The van der Waals surface area contributed by atoms with E-state index in [1.54, 1.807) is 4.90 Å². The number of rotatable bonds is 4. The summed E-state index contributed by atoms with van der Waals surface area (Å²) in [6, 6.07) is 5.57. The normalized spacial score (nSPS) is 26.1. The van der Waals surface area contributed by atoms with E-state index in [-0.39, 0.29) is 25.7 Å². The van der Waals surface area contributed by atoms with Gasteiger partial charge in [-0.15, -0.1) is 0 Å². The van der Waals surface area contributed by atoms with Crippen molar-refractivity contribution in [3.63, 3.8) is 0 Å². The number of carbonyl (C=O) groups is 1. The number of aliphatic hydroxyl groups is 1. The van der Waals surface area contributed by atoms with E-state index >= 15 is 0 Å². The number of amides is 1. The highest BCUT2D eigenvalue weighted by Gasteiger charge is 2.36. The van der Waals surface area contributed by atoms with Crippen LogP contribution in [0.4, 0.5) is 0 Å². The molecule has 1 N–H and O–H groups in total. The zero-order chi connectivity index (χ0) is 18.0. The lowest BCUT2D eigenvalue weighted by atomic mass is 10.0. The van der Waals surface area contributed by atoms with Crippen LogP contribution in [0.25, 0.3) is 0 Å². The van der Waals surface area contributed by atoms with Crippen LogP contribution in [-0.2, 0) is 16.0 Å². The minimum absolute atomic E-state index is 0.00536. The van der Waals surface area contributed by atoms with Crippen LogP contribution in [0.3, 0.4) is 0 Å². The van der Waals surface area contributed by atoms with Crippen molar-refractivity contribution in [2.24, 2.45) is 0 Å². The van der Waals surface area contributed by atoms with Crippen LogP contribution in [0.2, 0.25) is 0 Å². The van der Waals surface area contributed by atoms with Crippen molar-refractivity contribution in [1.29, 1.82) is 0 Å². The number of fused-ring (bicyclic) bond motifs is 1. The van der Waals surface area contributed by atoms with E-state index in [9.17, 15) is 9.90 Å². The van der Waals surface area contributed by atoms with Crippen LogP contribution in [0.15, 0.2) is 18.2 Å². The highest BCUT2D eigenvalue weighted by Crippen LogP contribution is 2.32. The van der Waals surface area contributed by atoms with Gasteiger partial charge in [-0.3, -0.25) is 4.79 Å². The Morgan fingerprint density at radius 1 is 1.15 bits per heavy atom. The second-order valence-corrected chi connectivity index (χ2v) is 7.44. The Hall–Kier alpha value is -1.83. The van der Waals surface area contributed by atoms with E-state index in [0.29, 0.717) is 37.7 Å². The molecule has 1 amide bonds. The highest BCUT2D eigenvalue weighted by molar-refractivity contribution is 5.79. The van der Waals surface area contributed by atoms with Gasteiger partial charge in [0.15, 0.2) is 11.5 Å². The standard InChI is InChI=1S/C19H26N2O5/c22-18(10-15-3-4-16-17(9-15)26-14-25-16)21-7-8-24-13-19(23,12-21)11-20-5-1-2-6-20/h3-4,9,23H,1-2,5-8,10-14H2. The maximum atomic E-state index is 12.8. The molecule has 1 unspecified atom stereocenters. The molecule has 142 valence electrons. The zero-order valence-electron chi connectivity index (χ0n) is 15.0. The predicted octanol–water partition coefficient (Wildman–Crippen LogP) is 0.643. The van der Waals surface area contributed by atoms with Gasteiger partial charge in [-0.2, -0.15) is 0 Å². The molecule has 7 nitrogen and oxygen atoms in total. The fourth-order valence-electron chi connectivity index (χ4n) is 3.92. The molecular weight excluding hydrogens is 336 g/mol. The molecule has 0 saturated carbocycles. The molecule has 1 aromatic carbocycles. The molecule has 1 atom stereocenters. The number of β-amino-alcohol motifs (C(OH)–C–C–N with tert-alkyl or cyclic N) is 1. The summed E-state index contributed by atoms with van der Waals surface area (Å²) >= 11 is 0. The van der Waals surface area contributed by atoms with Gasteiger partial charge in [-0.25, -0.2) is 0 Å². The van der Waals surface area contributed by atoms with Gasteiger partial charge in [0.25, 0.3) is 0 Å². The van der Waals surface area contributed by atoms with Gasteiger partial charge in [-0.1, -0.05) is 6.07 Å². The largest absolute Gasteiger partial charge is 0.454 e. The molecule has 0 aromatic heterocycles. The first kappa shape index (κ1) is 17.6. The van der Waals surface area contributed by atoms with E-state index in [1.807, 2.05) is 18.2 Å². The summed E-state index contributed by atoms with van der Waals surface area (Å²) in [6.45, 7) is 4.34. The monoisotopic (exact) mass is 362 g/mol. The van der Waals surface area contributed by atoms with Crippen LogP contribution < -0.4 is 9.47 Å². The van der Waals surface area contributed by atoms with Crippen LogP contribution in [0, 0.1) is 0 Å². The van der Waals surface area contributed by atoms with Crippen molar-refractivity contribution in [1.82, 2.24) is 9.80 Å². The van der Waals surface area contributed by atoms with Gasteiger partial charge in [0, 0.05) is 13.1 Å². The number of carbonyl (C=O) groups excluding carboxylic acids is 1. The fraction of sp³-hybridized carbons (Fsp3) is 0.632. The van der Waals surface area contributed by atoms with E-state index in [1.165, 1.54) is 12.8 Å². The van der Waals surface area contributed by atoms with E-state index < -0.39 is 5.60 Å². The molecule has 0 bridgehead atoms. The first-order valence-electron chi connectivity index (χ1n) is 9.30. The number of benzene rings is 1. The van der Waals surface area contributed by atoms with Gasteiger partial charge in [-0.05, 0) is 43.6 Å². The summed E-state index contributed by atoms with van der Waals surface area (Å²) in [7, 11) is 0. The van der Waals surface area contributed by atoms with Crippen LogP contribution in [0.1, 0.15) is 18.4 Å². The Morgan fingerprint density at radius 3 is 2.81 bits per heavy atom. The molecule has 0 spiro atoms. The van der Waals surface area contributed by atoms with E-state index in [4.69, 9.17) is 14.2 Å². The van der Waals surface area contributed by atoms with Gasteiger partial charge >= 0.3 is 0 Å². The number of nitrogens with zero attached hydrogens (tertiary/aromatic N) is 2. The SMILES string of the molecule is O=C(Cc1ccc2c(c1)OCO2)N1CCOCC(O)(CN2CCCC2)C1. The van der Waals surface area contributed by atoms with Gasteiger partial charge in [0.2, 0.25) is 12.7 Å². The first-order chi connectivity index (χ1) is 12.6. The smallest absolute Gasteiger partial charge is 0.231 e. The van der Waals surface area contributed by atoms with Crippen molar-refractivity contribution >= 4 is 5.91 Å². The maximum Gasteiger partial charge on any atom is 0.231 e. The van der Waals surface area contributed by atoms with Crippen molar-refractivity contribution < 1.29 is 24.1 Å². The highest BCUT2D eigenvalue weighted by atomic mass is 16.7. The van der Waals surface area contributed by atoms with Crippen LogP contribution in [-0.4, -0.2) is 79.1 Å². The number of hydrogen-bond donors (Lipinski definition) is 1. The molecule has 3 aliphatic heterocycles. The molecule has 26 heavy (non-hydrogen) atoms. The van der Waals surface area contributed by atoms with Gasteiger partial charge < -0.3 is 29.1 Å². The summed E-state index contributed by atoms with van der Waals surface area (Å²) in [5, 5.41) is 11.0.